The van der Waals surface area contributed by atoms with E-state index in [1.165, 1.54) is 17.8 Å². The van der Waals surface area contributed by atoms with Crippen LogP contribution in [-0.4, -0.2) is 69.2 Å². The lowest BCUT2D eigenvalue weighted by atomic mass is 10.0. The lowest BCUT2D eigenvalue weighted by Crippen LogP contribution is -2.52. The number of nitrogen functional groups attached to an aromatic ring is 2. The van der Waals surface area contributed by atoms with E-state index in [-0.39, 0.29) is 12.0 Å². The van der Waals surface area contributed by atoms with Crippen LogP contribution in [0.3, 0.4) is 0 Å². The van der Waals surface area contributed by atoms with E-state index in [0.29, 0.717) is 64.9 Å². The fraction of sp³-hybridized carbons (Fsp3) is 0.429. The molecule has 5 rings (SSSR count). The zero-order chi connectivity index (χ0) is 24.7. The largest absolute Gasteiger partial charge is 0.453 e. The standard InChI is InChI=1S/C21H27ClN10O3/c1-35-21(34)27-12-6-13(33)9-31(8-12)15-5-10(23)4-14(17(15)22)28-20-29-18(26-11-2-3-11)19-25-7-16(24)32(19)30-20/h4-5,7,11-13,33H,2-3,6,8-9,23-24H2,1H3,(H,27,34)(H2,26,28,29,30)/t12-,13+/m0/s1. The summed E-state index contributed by atoms with van der Waals surface area (Å²) in [6.07, 6.45) is 2.81. The van der Waals surface area contributed by atoms with Crippen molar-refractivity contribution < 1.29 is 14.6 Å². The summed E-state index contributed by atoms with van der Waals surface area (Å²) in [5.74, 6) is 1.20. The number of amides is 1. The Kier molecular flexibility index (Phi) is 6.03. The van der Waals surface area contributed by atoms with Gasteiger partial charge in [0, 0.05) is 24.8 Å². The highest BCUT2D eigenvalue weighted by atomic mass is 35.5. The zero-order valence-electron chi connectivity index (χ0n) is 19.0. The van der Waals surface area contributed by atoms with Crippen molar-refractivity contribution in [1.29, 1.82) is 0 Å². The summed E-state index contributed by atoms with van der Waals surface area (Å²) in [4.78, 5) is 22.4. The molecule has 1 saturated carbocycles. The predicted octanol–water partition coefficient (Wildman–Crippen LogP) is 1.56. The Hall–Kier alpha value is -3.71. The van der Waals surface area contributed by atoms with E-state index in [1.807, 2.05) is 4.90 Å². The number of carbonyl (C=O) groups excluding carboxylic acids is 1. The van der Waals surface area contributed by atoms with Crippen molar-refractivity contribution in [2.75, 3.05) is 47.2 Å². The molecule has 2 atom stereocenters. The molecule has 1 aromatic carbocycles. The van der Waals surface area contributed by atoms with Gasteiger partial charge in [0.05, 0.1) is 41.8 Å². The summed E-state index contributed by atoms with van der Waals surface area (Å²) in [6, 6.07) is 3.42. The zero-order valence-corrected chi connectivity index (χ0v) is 19.8. The Balaban J connectivity index is 1.45. The van der Waals surface area contributed by atoms with Crippen LogP contribution in [-0.2, 0) is 4.74 Å². The number of carbonyl (C=O) groups is 1. The number of nitrogens with one attached hydrogen (secondary N) is 3. The number of anilines is 6. The molecule has 13 nitrogen and oxygen atoms in total. The number of imidazole rings is 1. The molecule has 186 valence electrons. The Labute approximate surface area is 205 Å². The summed E-state index contributed by atoms with van der Waals surface area (Å²) in [7, 11) is 1.29. The van der Waals surface area contributed by atoms with Crippen LogP contribution < -0.4 is 32.3 Å². The highest BCUT2D eigenvalue weighted by Crippen LogP contribution is 2.38. The fourth-order valence-electron chi connectivity index (χ4n) is 4.14. The molecule has 2 fully saturated rings. The molecule has 14 heteroatoms. The number of benzene rings is 1. The third-order valence-corrected chi connectivity index (χ3v) is 6.30. The van der Waals surface area contributed by atoms with Crippen LogP contribution in [0.5, 0.6) is 0 Å². The number of alkyl carbamates (subject to hydrolysis) is 1. The molecule has 35 heavy (non-hydrogen) atoms. The normalized spacial score (nSPS) is 20.0. The minimum absolute atomic E-state index is 0.257. The van der Waals surface area contributed by atoms with Crippen LogP contribution in [0.15, 0.2) is 18.3 Å². The van der Waals surface area contributed by atoms with E-state index in [4.69, 9.17) is 23.1 Å². The monoisotopic (exact) mass is 502 g/mol. The number of piperidine rings is 1. The third-order valence-electron chi connectivity index (χ3n) is 5.91. The van der Waals surface area contributed by atoms with Gasteiger partial charge in [0.25, 0.3) is 0 Å². The van der Waals surface area contributed by atoms with Gasteiger partial charge in [-0.15, -0.1) is 5.10 Å². The first-order chi connectivity index (χ1) is 16.8. The van der Waals surface area contributed by atoms with Gasteiger partial charge < -0.3 is 42.2 Å². The SMILES string of the molecule is COC(=O)N[C@H]1C[C@@H](O)CN(c2cc(N)cc(Nc3nc(NC4CC4)c4ncc(N)n4n3)c2Cl)C1. The van der Waals surface area contributed by atoms with Crippen LogP contribution in [0, 0.1) is 0 Å². The van der Waals surface area contributed by atoms with E-state index in [9.17, 15) is 9.90 Å². The summed E-state index contributed by atoms with van der Waals surface area (Å²) >= 11 is 6.79. The minimum Gasteiger partial charge on any atom is -0.453 e. The second kappa shape index (κ2) is 9.15. The lowest BCUT2D eigenvalue weighted by molar-refractivity contribution is 0.127. The maximum Gasteiger partial charge on any atom is 0.407 e. The molecule has 0 radical (unpaired) electrons. The molecule has 3 aromatic rings. The second-order valence-corrected chi connectivity index (χ2v) is 9.15. The maximum absolute atomic E-state index is 11.7. The van der Waals surface area contributed by atoms with Gasteiger partial charge in [-0.25, -0.2) is 9.78 Å². The van der Waals surface area contributed by atoms with Gasteiger partial charge in [0.15, 0.2) is 11.5 Å². The molecule has 3 heterocycles. The lowest BCUT2D eigenvalue weighted by Gasteiger charge is -2.38. The number of aliphatic hydroxyl groups excluding tert-OH is 1. The van der Waals surface area contributed by atoms with E-state index >= 15 is 0 Å². The van der Waals surface area contributed by atoms with Gasteiger partial charge >= 0.3 is 6.09 Å². The number of β-amino-alcohol motifs (C(OH)–C–C–N with tert-alkyl or cyclic N) is 1. The van der Waals surface area contributed by atoms with Crippen LogP contribution in [0.1, 0.15) is 19.3 Å². The van der Waals surface area contributed by atoms with E-state index in [1.54, 1.807) is 12.1 Å². The van der Waals surface area contributed by atoms with E-state index in [2.05, 4.69) is 35.8 Å². The number of nitrogens with two attached hydrogens (primary N) is 2. The third kappa shape index (κ3) is 4.91. The second-order valence-electron chi connectivity index (χ2n) is 8.78. The number of ether oxygens (including phenoxy) is 1. The molecule has 1 aliphatic carbocycles. The Morgan fingerprint density at radius 3 is 2.80 bits per heavy atom. The number of hydrogen-bond donors (Lipinski definition) is 6. The highest BCUT2D eigenvalue weighted by molar-refractivity contribution is 6.36. The van der Waals surface area contributed by atoms with E-state index in [0.717, 1.165) is 12.8 Å². The summed E-state index contributed by atoms with van der Waals surface area (Å²) in [5, 5.41) is 24.4. The van der Waals surface area contributed by atoms with Gasteiger partial charge in [-0.05, 0) is 31.4 Å². The molecule has 1 saturated heterocycles. The molecule has 1 aliphatic heterocycles. The maximum atomic E-state index is 11.7. The number of fused-ring (bicyclic) bond motifs is 1. The molecule has 0 unspecified atom stereocenters. The highest BCUT2D eigenvalue weighted by Gasteiger charge is 2.29. The predicted molar refractivity (Wildman–Crippen MR) is 133 cm³/mol. The van der Waals surface area contributed by atoms with Crippen LogP contribution >= 0.6 is 11.6 Å². The molecule has 0 bridgehead atoms. The van der Waals surface area contributed by atoms with Gasteiger partial charge in [0.1, 0.15) is 5.82 Å². The number of aliphatic hydroxyl groups is 1. The first kappa shape index (κ1) is 23.1. The molecular weight excluding hydrogens is 476 g/mol. The molecule has 2 aliphatic rings. The molecular formula is C21H27ClN10O3. The quantitative estimate of drug-likeness (QED) is 0.269. The molecule has 0 spiro atoms. The average molecular weight is 503 g/mol. The number of nitrogens with zero attached hydrogens (tertiary/aromatic N) is 5. The smallest absolute Gasteiger partial charge is 0.407 e. The van der Waals surface area contributed by atoms with Gasteiger partial charge in [0.2, 0.25) is 5.95 Å². The first-order valence-corrected chi connectivity index (χ1v) is 11.6. The van der Waals surface area contributed by atoms with Crippen molar-refractivity contribution in [3.05, 3.63) is 23.4 Å². The van der Waals surface area contributed by atoms with Crippen molar-refractivity contribution in [1.82, 2.24) is 24.9 Å². The number of hydrogen-bond acceptors (Lipinski definition) is 11. The average Bonchev–Trinajstić information content (AvgIpc) is 3.56. The number of methoxy groups -OCH3 is 1. The summed E-state index contributed by atoms with van der Waals surface area (Å²) in [5.41, 5.74) is 14.3. The van der Waals surface area contributed by atoms with E-state index < -0.39 is 12.2 Å². The summed E-state index contributed by atoms with van der Waals surface area (Å²) < 4.78 is 6.19. The van der Waals surface area contributed by atoms with Crippen molar-refractivity contribution in [2.24, 2.45) is 0 Å². The van der Waals surface area contributed by atoms with Gasteiger partial charge in [-0.2, -0.15) is 9.50 Å². The number of rotatable bonds is 6. The number of aromatic nitrogens is 4. The summed E-state index contributed by atoms with van der Waals surface area (Å²) in [6.45, 7) is 0.740. The molecule has 1 amide bonds. The van der Waals surface area contributed by atoms with Crippen LogP contribution in [0.4, 0.5) is 39.4 Å². The topological polar surface area (TPSA) is 181 Å². The Bertz CT molecular complexity index is 1260. The fourth-order valence-corrected chi connectivity index (χ4v) is 4.42. The van der Waals surface area contributed by atoms with Crippen LogP contribution in [0.25, 0.3) is 5.65 Å². The van der Waals surface area contributed by atoms with Crippen LogP contribution in [0.2, 0.25) is 5.02 Å². The molecule has 2 aromatic heterocycles. The number of halogens is 1. The van der Waals surface area contributed by atoms with Gasteiger partial charge in [-0.3, -0.25) is 0 Å². The van der Waals surface area contributed by atoms with Crippen molar-refractivity contribution in [3.63, 3.8) is 0 Å². The van der Waals surface area contributed by atoms with Gasteiger partial charge in [-0.1, -0.05) is 11.6 Å². The van der Waals surface area contributed by atoms with Crippen molar-refractivity contribution in [3.8, 4) is 0 Å². The Morgan fingerprint density at radius 1 is 1.26 bits per heavy atom. The Morgan fingerprint density at radius 2 is 2.06 bits per heavy atom. The molecule has 8 N–H and O–H groups in total. The van der Waals surface area contributed by atoms with Crippen molar-refractivity contribution >= 4 is 58.0 Å². The first-order valence-electron chi connectivity index (χ1n) is 11.2. The minimum atomic E-state index is -0.675. The van der Waals surface area contributed by atoms with Crippen molar-refractivity contribution in [2.45, 2.75) is 37.5 Å².